The van der Waals surface area contributed by atoms with E-state index in [2.05, 4.69) is 52.6 Å². The minimum Gasteiger partial charge on any atom is -0.397 e. The van der Waals surface area contributed by atoms with Gasteiger partial charge in [-0.25, -0.2) is 0 Å². The predicted octanol–water partition coefficient (Wildman–Crippen LogP) is 4.28. The third-order valence-corrected chi connectivity index (χ3v) is 4.55. The van der Waals surface area contributed by atoms with Crippen molar-refractivity contribution < 1.29 is 0 Å². The third kappa shape index (κ3) is 3.53. The quantitative estimate of drug-likeness (QED) is 0.646. The summed E-state index contributed by atoms with van der Waals surface area (Å²) in [4.78, 5) is 2.47. The lowest BCUT2D eigenvalue weighted by molar-refractivity contribution is 0.435. The first kappa shape index (κ1) is 14.0. The van der Waals surface area contributed by atoms with Crippen molar-refractivity contribution in [2.75, 3.05) is 23.7 Å². The highest BCUT2D eigenvalue weighted by Crippen LogP contribution is 2.29. The Morgan fingerprint density at radius 3 is 2.89 bits per heavy atom. The first-order valence-corrected chi connectivity index (χ1v) is 8.08. The Labute approximate surface area is 124 Å². The van der Waals surface area contributed by atoms with Crippen LogP contribution in [0.5, 0.6) is 0 Å². The van der Waals surface area contributed by atoms with Gasteiger partial charge in [0.2, 0.25) is 0 Å². The van der Waals surface area contributed by atoms with Gasteiger partial charge in [0.25, 0.3) is 0 Å². The third-order valence-electron chi connectivity index (χ3n) is 3.87. The summed E-state index contributed by atoms with van der Waals surface area (Å²) in [6.45, 7) is 4.61. The minimum absolute atomic E-state index is 0.921. The summed E-state index contributed by atoms with van der Waals surface area (Å²) in [5.74, 6) is 0.921. The number of nitrogen functional groups attached to an aromatic ring is 1. The van der Waals surface area contributed by atoms with Crippen LogP contribution in [0.25, 0.3) is 0 Å². The van der Waals surface area contributed by atoms with E-state index in [4.69, 9.17) is 5.73 Å². The number of rotatable bonds is 3. The molecule has 0 aliphatic carbocycles. The summed E-state index contributed by atoms with van der Waals surface area (Å²) in [6.07, 6.45) is 6.70. The summed E-state index contributed by atoms with van der Waals surface area (Å²) in [6, 6.07) is 6.40. The molecule has 0 radical (unpaired) electrons. The Hall–Kier alpha value is -0.450. The smallest absolute Gasteiger partial charge is 0.0600 e. The van der Waals surface area contributed by atoms with Crippen molar-refractivity contribution >= 4 is 34.0 Å². The van der Waals surface area contributed by atoms with Gasteiger partial charge in [-0.2, -0.15) is 0 Å². The fourth-order valence-electron chi connectivity index (χ4n) is 2.92. The second-order valence-corrected chi connectivity index (χ2v) is 6.52. The lowest BCUT2D eigenvalue weighted by atomic mass is 9.96. The molecule has 1 aliphatic rings. The highest BCUT2D eigenvalue weighted by molar-refractivity contribution is 14.1. The molecule has 1 atom stereocenters. The molecule has 1 fully saturated rings. The minimum atomic E-state index is 0.921. The Balaban J connectivity index is 2.05. The molecule has 2 rings (SSSR count). The van der Waals surface area contributed by atoms with Gasteiger partial charge in [0.05, 0.1) is 11.4 Å². The van der Waals surface area contributed by atoms with Gasteiger partial charge >= 0.3 is 0 Å². The summed E-state index contributed by atoms with van der Waals surface area (Å²) in [5, 5.41) is 0. The molecule has 2 N–H and O–H groups in total. The van der Waals surface area contributed by atoms with Crippen LogP contribution in [0.1, 0.15) is 39.0 Å². The maximum Gasteiger partial charge on any atom is 0.0600 e. The molecular weight excluding hydrogens is 335 g/mol. The normalized spacial score (nSPS) is 20.8. The van der Waals surface area contributed by atoms with E-state index in [0.717, 1.165) is 24.7 Å². The van der Waals surface area contributed by atoms with Crippen molar-refractivity contribution in [3.8, 4) is 0 Å². The zero-order chi connectivity index (χ0) is 13.0. The van der Waals surface area contributed by atoms with Gasteiger partial charge in [-0.15, -0.1) is 0 Å². The number of hydrogen-bond acceptors (Lipinski definition) is 2. The van der Waals surface area contributed by atoms with E-state index in [1.54, 1.807) is 0 Å². The number of anilines is 2. The molecule has 1 aliphatic heterocycles. The van der Waals surface area contributed by atoms with Gasteiger partial charge in [-0.1, -0.05) is 19.8 Å². The molecule has 100 valence electrons. The molecule has 0 spiro atoms. The van der Waals surface area contributed by atoms with Crippen molar-refractivity contribution in [3.05, 3.63) is 21.8 Å². The summed E-state index contributed by atoms with van der Waals surface area (Å²) < 4.78 is 1.22. The topological polar surface area (TPSA) is 29.3 Å². The van der Waals surface area contributed by atoms with Gasteiger partial charge < -0.3 is 10.6 Å². The average Bonchev–Trinajstić information content (AvgIpc) is 2.55. The number of halogens is 1. The van der Waals surface area contributed by atoms with Crippen LogP contribution in [0, 0.1) is 9.49 Å². The summed E-state index contributed by atoms with van der Waals surface area (Å²) in [7, 11) is 0. The first-order valence-electron chi connectivity index (χ1n) is 7.00. The molecule has 1 unspecified atom stereocenters. The van der Waals surface area contributed by atoms with Crippen LogP contribution in [-0.4, -0.2) is 13.1 Å². The Morgan fingerprint density at radius 1 is 1.33 bits per heavy atom. The van der Waals surface area contributed by atoms with E-state index in [0.29, 0.717) is 0 Å². The lowest BCUT2D eigenvalue weighted by Crippen LogP contribution is -2.25. The highest BCUT2D eigenvalue weighted by atomic mass is 127. The number of nitrogens with zero attached hydrogens (tertiary/aromatic N) is 1. The van der Waals surface area contributed by atoms with E-state index in [-0.39, 0.29) is 0 Å². The SMILES string of the molecule is CCCC1CCCN(c2ccc(I)cc2N)CC1. The van der Waals surface area contributed by atoms with Crippen molar-refractivity contribution in [1.29, 1.82) is 0 Å². The Kier molecular flexibility index (Phi) is 5.15. The average molecular weight is 358 g/mol. The molecule has 2 nitrogen and oxygen atoms in total. The first-order chi connectivity index (χ1) is 8.70. The molecular formula is C15H23IN2. The van der Waals surface area contributed by atoms with Crippen molar-refractivity contribution in [2.24, 2.45) is 5.92 Å². The van der Waals surface area contributed by atoms with Gasteiger partial charge in [0.1, 0.15) is 0 Å². The largest absolute Gasteiger partial charge is 0.397 e. The maximum absolute atomic E-state index is 6.15. The van der Waals surface area contributed by atoms with Crippen LogP contribution in [0.3, 0.4) is 0 Å². The maximum atomic E-state index is 6.15. The van der Waals surface area contributed by atoms with Crippen LogP contribution < -0.4 is 10.6 Å². The van der Waals surface area contributed by atoms with Crippen LogP contribution in [0.4, 0.5) is 11.4 Å². The number of hydrogen-bond donors (Lipinski definition) is 1. The van der Waals surface area contributed by atoms with Crippen LogP contribution in [-0.2, 0) is 0 Å². The summed E-state index contributed by atoms with van der Waals surface area (Å²) in [5.41, 5.74) is 8.31. The molecule has 18 heavy (non-hydrogen) atoms. The van der Waals surface area contributed by atoms with Gasteiger partial charge in [-0.3, -0.25) is 0 Å². The highest BCUT2D eigenvalue weighted by Gasteiger charge is 2.17. The van der Waals surface area contributed by atoms with E-state index >= 15 is 0 Å². The molecule has 1 aromatic rings. The Bertz CT molecular complexity index is 392. The van der Waals surface area contributed by atoms with Crippen molar-refractivity contribution in [1.82, 2.24) is 0 Å². The van der Waals surface area contributed by atoms with Gasteiger partial charge in [0, 0.05) is 16.7 Å². The molecule has 0 bridgehead atoms. The fourth-order valence-corrected chi connectivity index (χ4v) is 3.43. The van der Waals surface area contributed by atoms with E-state index in [1.807, 2.05) is 0 Å². The molecule has 0 amide bonds. The molecule has 1 saturated heterocycles. The van der Waals surface area contributed by atoms with Crippen molar-refractivity contribution in [2.45, 2.75) is 39.0 Å². The van der Waals surface area contributed by atoms with E-state index in [1.165, 1.54) is 41.4 Å². The lowest BCUT2D eigenvalue weighted by Gasteiger charge is -2.24. The number of benzene rings is 1. The second-order valence-electron chi connectivity index (χ2n) is 5.28. The van der Waals surface area contributed by atoms with Crippen LogP contribution >= 0.6 is 22.6 Å². The van der Waals surface area contributed by atoms with E-state index in [9.17, 15) is 0 Å². The predicted molar refractivity (Wildman–Crippen MR) is 88.0 cm³/mol. The van der Waals surface area contributed by atoms with Gasteiger partial charge in [-0.05, 0) is 66.0 Å². The standard InChI is InChI=1S/C15H23IN2/c1-2-4-12-5-3-9-18(10-8-12)15-7-6-13(16)11-14(15)17/h6-7,11-12H,2-5,8-10,17H2,1H3. The molecule has 0 aromatic heterocycles. The number of nitrogens with two attached hydrogens (primary N) is 1. The molecule has 1 aromatic carbocycles. The monoisotopic (exact) mass is 358 g/mol. The molecule has 0 saturated carbocycles. The molecule has 1 heterocycles. The molecule has 3 heteroatoms. The zero-order valence-corrected chi connectivity index (χ0v) is 13.3. The van der Waals surface area contributed by atoms with Crippen molar-refractivity contribution in [3.63, 3.8) is 0 Å². The van der Waals surface area contributed by atoms with Gasteiger partial charge in [0.15, 0.2) is 0 Å². The van der Waals surface area contributed by atoms with Crippen LogP contribution in [0.2, 0.25) is 0 Å². The zero-order valence-electron chi connectivity index (χ0n) is 11.2. The van der Waals surface area contributed by atoms with E-state index < -0.39 is 0 Å². The summed E-state index contributed by atoms with van der Waals surface area (Å²) >= 11 is 2.32. The Morgan fingerprint density at radius 2 is 2.17 bits per heavy atom. The van der Waals surface area contributed by atoms with Crippen LogP contribution in [0.15, 0.2) is 18.2 Å². The second kappa shape index (κ2) is 6.64. The fraction of sp³-hybridized carbons (Fsp3) is 0.600.